The topological polar surface area (TPSA) is 20.2 Å². The van der Waals surface area contributed by atoms with Crippen LogP contribution in [0.25, 0.3) is 0 Å². The maximum absolute atomic E-state index is 10.4. The summed E-state index contributed by atoms with van der Waals surface area (Å²) in [7, 11) is 0. The molecule has 0 aromatic heterocycles. The molecule has 1 unspecified atom stereocenters. The second-order valence-corrected chi connectivity index (χ2v) is 5.20. The van der Waals surface area contributed by atoms with E-state index >= 15 is 0 Å². The lowest BCUT2D eigenvalue weighted by atomic mass is 9.82. The number of hydrogen-bond donors (Lipinski definition) is 1. The monoisotopic (exact) mass is 238 g/mol. The number of hydrogen-bond acceptors (Lipinski definition) is 1. The average molecular weight is 239 g/mol. The van der Waals surface area contributed by atoms with Crippen molar-refractivity contribution in [2.24, 2.45) is 5.92 Å². The molecular weight excluding hydrogens is 220 g/mol. The van der Waals surface area contributed by atoms with E-state index < -0.39 is 0 Å². The summed E-state index contributed by atoms with van der Waals surface area (Å²) in [5, 5.41) is 11.1. The van der Waals surface area contributed by atoms with Gasteiger partial charge in [0.2, 0.25) is 0 Å². The van der Waals surface area contributed by atoms with Crippen molar-refractivity contribution in [3.63, 3.8) is 0 Å². The van der Waals surface area contributed by atoms with Crippen LogP contribution in [0.4, 0.5) is 0 Å². The number of aliphatic hydroxyl groups is 1. The number of rotatable bonds is 2. The second kappa shape index (κ2) is 5.20. The van der Waals surface area contributed by atoms with Gasteiger partial charge in [0.05, 0.1) is 6.10 Å². The van der Waals surface area contributed by atoms with Gasteiger partial charge in [0.1, 0.15) is 0 Å². The quantitative estimate of drug-likeness (QED) is 0.816. The first-order valence-corrected chi connectivity index (χ1v) is 6.51. The highest BCUT2D eigenvalue weighted by molar-refractivity contribution is 6.32. The number of aliphatic hydroxyl groups excluding tert-OH is 1. The molecule has 2 rings (SSSR count). The van der Waals surface area contributed by atoms with Crippen molar-refractivity contribution in [2.75, 3.05) is 0 Å². The molecule has 0 amide bonds. The molecule has 1 aliphatic rings. The maximum atomic E-state index is 10.4. The summed E-state index contributed by atoms with van der Waals surface area (Å²) in [5.74, 6) is 0.396. The van der Waals surface area contributed by atoms with Crippen molar-refractivity contribution in [3.8, 4) is 0 Å². The van der Waals surface area contributed by atoms with E-state index in [4.69, 9.17) is 11.6 Å². The van der Waals surface area contributed by atoms with Crippen LogP contribution in [-0.2, 0) is 0 Å². The van der Waals surface area contributed by atoms with Gasteiger partial charge in [0, 0.05) is 5.02 Å². The van der Waals surface area contributed by atoms with Crippen molar-refractivity contribution in [3.05, 3.63) is 34.3 Å². The van der Waals surface area contributed by atoms with Gasteiger partial charge in [-0.05, 0) is 36.8 Å². The Morgan fingerprint density at radius 2 is 1.94 bits per heavy atom. The van der Waals surface area contributed by atoms with Gasteiger partial charge in [-0.2, -0.15) is 0 Å². The molecule has 0 saturated heterocycles. The first kappa shape index (κ1) is 11.9. The molecule has 0 spiro atoms. The van der Waals surface area contributed by atoms with Crippen LogP contribution in [0.1, 0.15) is 49.3 Å². The molecule has 1 aliphatic carbocycles. The Morgan fingerprint density at radius 3 is 2.62 bits per heavy atom. The minimum absolute atomic E-state index is 0.382. The molecule has 0 aliphatic heterocycles. The minimum Gasteiger partial charge on any atom is -0.388 e. The van der Waals surface area contributed by atoms with E-state index in [0.29, 0.717) is 5.92 Å². The number of aryl methyl sites for hydroxylation is 1. The van der Waals surface area contributed by atoms with E-state index in [9.17, 15) is 5.11 Å². The first-order valence-electron chi connectivity index (χ1n) is 6.13. The zero-order valence-corrected chi connectivity index (χ0v) is 10.5. The van der Waals surface area contributed by atoms with Crippen LogP contribution < -0.4 is 0 Å². The van der Waals surface area contributed by atoms with Gasteiger partial charge in [-0.25, -0.2) is 0 Å². The van der Waals surface area contributed by atoms with Gasteiger partial charge in [-0.1, -0.05) is 49.1 Å². The highest BCUT2D eigenvalue weighted by atomic mass is 35.5. The third-order valence-corrected chi connectivity index (χ3v) is 4.15. The Bertz CT molecular complexity index is 356. The van der Waals surface area contributed by atoms with E-state index in [-0.39, 0.29) is 6.10 Å². The Labute approximate surface area is 102 Å². The molecule has 1 aromatic carbocycles. The molecule has 2 heteroatoms. The molecular formula is C14H19ClO. The Hall–Kier alpha value is -0.530. The number of halogens is 1. The molecule has 0 heterocycles. The summed E-state index contributed by atoms with van der Waals surface area (Å²) in [5.41, 5.74) is 1.96. The van der Waals surface area contributed by atoms with Gasteiger partial charge < -0.3 is 5.11 Å². The van der Waals surface area contributed by atoms with Gasteiger partial charge in [-0.3, -0.25) is 0 Å². The third-order valence-electron chi connectivity index (χ3n) is 3.64. The molecule has 1 fully saturated rings. The van der Waals surface area contributed by atoms with E-state index in [1.807, 2.05) is 25.1 Å². The standard InChI is InChI=1S/C14H19ClO/c1-10-6-5-9-12(13(10)15)14(16)11-7-3-2-4-8-11/h5-6,9,11,14,16H,2-4,7-8H2,1H3. The summed E-state index contributed by atoms with van der Waals surface area (Å²) >= 11 is 6.25. The van der Waals surface area contributed by atoms with E-state index in [1.165, 1.54) is 19.3 Å². The number of benzene rings is 1. The molecule has 0 radical (unpaired) electrons. The smallest absolute Gasteiger partial charge is 0.0832 e. The summed E-state index contributed by atoms with van der Waals surface area (Å²) in [4.78, 5) is 0. The van der Waals surface area contributed by atoms with Crippen molar-refractivity contribution < 1.29 is 5.11 Å². The average Bonchev–Trinajstić information content (AvgIpc) is 2.33. The normalized spacial score (nSPS) is 19.7. The van der Waals surface area contributed by atoms with Crippen LogP contribution in [0.3, 0.4) is 0 Å². The van der Waals surface area contributed by atoms with Crippen molar-refractivity contribution in [1.82, 2.24) is 0 Å². The maximum Gasteiger partial charge on any atom is 0.0832 e. The Kier molecular flexibility index (Phi) is 3.88. The fourth-order valence-electron chi connectivity index (χ4n) is 2.60. The molecule has 16 heavy (non-hydrogen) atoms. The molecule has 1 aromatic rings. The molecule has 1 saturated carbocycles. The van der Waals surface area contributed by atoms with E-state index in [1.54, 1.807) is 0 Å². The fraction of sp³-hybridized carbons (Fsp3) is 0.571. The second-order valence-electron chi connectivity index (χ2n) is 4.82. The lowest BCUT2D eigenvalue weighted by Crippen LogP contribution is -2.16. The van der Waals surface area contributed by atoms with E-state index in [2.05, 4.69) is 0 Å². The lowest BCUT2D eigenvalue weighted by Gasteiger charge is -2.27. The van der Waals surface area contributed by atoms with Gasteiger partial charge >= 0.3 is 0 Å². The molecule has 1 nitrogen and oxygen atoms in total. The third kappa shape index (κ3) is 2.41. The molecule has 0 bridgehead atoms. The first-order chi connectivity index (χ1) is 7.70. The van der Waals surface area contributed by atoms with Crippen LogP contribution in [0.2, 0.25) is 5.02 Å². The minimum atomic E-state index is -0.382. The zero-order valence-electron chi connectivity index (χ0n) is 9.75. The fourth-order valence-corrected chi connectivity index (χ4v) is 2.84. The molecule has 1 atom stereocenters. The Balaban J connectivity index is 2.19. The van der Waals surface area contributed by atoms with Crippen LogP contribution in [0.5, 0.6) is 0 Å². The SMILES string of the molecule is Cc1cccc(C(O)C2CCCCC2)c1Cl. The molecule has 1 N–H and O–H groups in total. The van der Waals surface area contributed by atoms with Gasteiger partial charge in [0.25, 0.3) is 0 Å². The van der Waals surface area contributed by atoms with Crippen LogP contribution in [0, 0.1) is 12.8 Å². The van der Waals surface area contributed by atoms with Crippen LogP contribution in [-0.4, -0.2) is 5.11 Å². The van der Waals surface area contributed by atoms with Crippen molar-refractivity contribution >= 4 is 11.6 Å². The summed E-state index contributed by atoms with van der Waals surface area (Å²) in [6, 6.07) is 5.91. The summed E-state index contributed by atoms with van der Waals surface area (Å²) < 4.78 is 0. The molecule has 88 valence electrons. The van der Waals surface area contributed by atoms with E-state index in [0.717, 1.165) is 29.0 Å². The van der Waals surface area contributed by atoms with Crippen molar-refractivity contribution in [1.29, 1.82) is 0 Å². The van der Waals surface area contributed by atoms with Crippen LogP contribution in [0.15, 0.2) is 18.2 Å². The van der Waals surface area contributed by atoms with Gasteiger partial charge in [-0.15, -0.1) is 0 Å². The predicted molar refractivity (Wildman–Crippen MR) is 67.7 cm³/mol. The largest absolute Gasteiger partial charge is 0.388 e. The highest BCUT2D eigenvalue weighted by Crippen LogP contribution is 2.37. The van der Waals surface area contributed by atoms with Gasteiger partial charge in [0.15, 0.2) is 0 Å². The summed E-state index contributed by atoms with van der Waals surface area (Å²) in [6.07, 6.45) is 5.67. The highest BCUT2D eigenvalue weighted by Gasteiger charge is 2.24. The zero-order chi connectivity index (χ0) is 11.5. The predicted octanol–water partition coefficient (Wildman–Crippen LogP) is 4.26. The summed E-state index contributed by atoms with van der Waals surface area (Å²) in [6.45, 7) is 1.99. The van der Waals surface area contributed by atoms with Crippen LogP contribution >= 0.6 is 11.6 Å². The lowest BCUT2D eigenvalue weighted by molar-refractivity contribution is 0.0849. The van der Waals surface area contributed by atoms with Crippen molar-refractivity contribution in [2.45, 2.75) is 45.1 Å². The Morgan fingerprint density at radius 1 is 1.25 bits per heavy atom.